The molecular weight excluding hydrogens is 346 g/mol. The second kappa shape index (κ2) is 6.61. The van der Waals surface area contributed by atoms with E-state index in [-0.39, 0.29) is 0 Å². The molecule has 0 bridgehead atoms. The Balaban J connectivity index is 2.06. The molecule has 0 aliphatic carbocycles. The van der Waals surface area contributed by atoms with E-state index in [1.807, 2.05) is 70.2 Å². The van der Waals surface area contributed by atoms with Crippen molar-refractivity contribution in [1.82, 2.24) is 9.78 Å². The average molecular weight is 369 g/mol. The summed E-state index contributed by atoms with van der Waals surface area (Å²) in [5.41, 5.74) is 5.32. The number of hydrogen-bond donors (Lipinski definition) is 1. The van der Waals surface area contributed by atoms with Crippen molar-refractivity contribution in [1.29, 1.82) is 0 Å². The Hall–Kier alpha value is -2.60. The molecule has 0 unspecified atom stereocenters. The fourth-order valence-corrected chi connectivity index (χ4v) is 5.02. The molecule has 1 aromatic heterocycles. The van der Waals surface area contributed by atoms with Gasteiger partial charge in [0.05, 0.1) is 27.7 Å². The van der Waals surface area contributed by atoms with E-state index in [2.05, 4.69) is 9.82 Å². The number of nitrogens with one attached hydrogen (secondary N) is 1. The summed E-state index contributed by atoms with van der Waals surface area (Å²) in [7, 11) is -3.71. The van der Waals surface area contributed by atoms with E-state index >= 15 is 0 Å². The highest BCUT2D eigenvalue weighted by atomic mass is 32.2. The van der Waals surface area contributed by atoms with Crippen molar-refractivity contribution in [3.8, 4) is 5.69 Å². The zero-order chi connectivity index (χ0) is 19.1. The predicted octanol–water partition coefficient (Wildman–Crippen LogP) is 4.22. The summed E-state index contributed by atoms with van der Waals surface area (Å²) in [6, 6.07) is 13.4. The lowest BCUT2D eigenvalue weighted by molar-refractivity contribution is 0.600. The number of aryl methyl sites for hydroxylation is 4. The Kier molecular flexibility index (Phi) is 4.63. The molecule has 0 amide bonds. The van der Waals surface area contributed by atoms with Gasteiger partial charge in [-0.15, -0.1) is 0 Å². The van der Waals surface area contributed by atoms with Crippen molar-refractivity contribution in [2.45, 2.75) is 39.5 Å². The van der Waals surface area contributed by atoms with Gasteiger partial charge in [0.1, 0.15) is 0 Å². The van der Waals surface area contributed by atoms with Crippen molar-refractivity contribution < 1.29 is 8.42 Å². The van der Waals surface area contributed by atoms with Crippen LogP contribution in [0.2, 0.25) is 0 Å². The lowest BCUT2D eigenvalue weighted by Crippen LogP contribution is -2.17. The van der Waals surface area contributed by atoms with Gasteiger partial charge in [0, 0.05) is 0 Å². The van der Waals surface area contributed by atoms with Crippen molar-refractivity contribution in [2.75, 3.05) is 4.72 Å². The van der Waals surface area contributed by atoms with Crippen LogP contribution in [0.3, 0.4) is 0 Å². The first-order valence-electron chi connectivity index (χ1n) is 8.43. The van der Waals surface area contributed by atoms with Crippen molar-refractivity contribution in [2.24, 2.45) is 0 Å². The maximum atomic E-state index is 13.1. The lowest BCUT2D eigenvalue weighted by Gasteiger charge is -2.14. The summed E-state index contributed by atoms with van der Waals surface area (Å²) in [6.45, 7) is 9.27. The molecule has 3 aromatic rings. The molecule has 0 fully saturated rings. The number of nitrogens with zero attached hydrogens (tertiary/aromatic N) is 2. The topological polar surface area (TPSA) is 64.0 Å². The Morgan fingerprint density at radius 1 is 0.923 bits per heavy atom. The number of anilines is 1. The molecule has 0 atom stereocenters. The molecule has 5 nitrogen and oxygen atoms in total. The van der Waals surface area contributed by atoms with Gasteiger partial charge in [0.15, 0.2) is 0 Å². The van der Waals surface area contributed by atoms with Crippen LogP contribution >= 0.6 is 0 Å². The second-order valence-corrected chi connectivity index (χ2v) is 8.25. The van der Waals surface area contributed by atoms with E-state index in [1.165, 1.54) is 0 Å². The standard InChI is InChI=1S/C20H23N3O2S/c1-13-11-14(2)20(15(3)12-13)26(24,25)22-19-16(4)21-23(17(19)5)18-9-7-6-8-10-18/h6-12,22H,1-5H3. The van der Waals surface area contributed by atoms with E-state index in [1.54, 1.807) is 11.6 Å². The van der Waals surface area contributed by atoms with Gasteiger partial charge in [-0.25, -0.2) is 13.1 Å². The molecule has 0 saturated heterocycles. The molecule has 0 radical (unpaired) electrons. The molecule has 136 valence electrons. The highest BCUT2D eigenvalue weighted by Gasteiger charge is 2.23. The van der Waals surface area contributed by atoms with E-state index in [0.29, 0.717) is 16.3 Å². The van der Waals surface area contributed by atoms with E-state index in [0.717, 1.165) is 28.1 Å². The van der Waals surface area contributed by atoms with Crippen LogP contribution in [0, 0.1) is 34.6 Å². The monoisotopic (exact) mass is 369 g/mol. The van der Waals surface area contributed by atoms with Crippen LogP contribution in [-0.4, -0.2) is 18.2 Å². The van der Waals surface area contributed by atoms with Crippen LogP contribution in [0.15, 0.2) is 47.4 Å². The SMILES string of the molecule is Cc1cc(C)c(S(=O)(=O)Nc2c(C)nn(-c3ccccc3)c2C)c(C)c1. The summed E-state index contributed by atoms with van der Waals surface area (Å²) in [5.74, 6) is 0. The number of benzene rings is 2. The summed E-state index contributed by atoms with van der Waals surface area (Å²) in [4.78, 5) is 0.328. The van der Waals surface area contributed by atoms with Gasteiger partial charge in [0.2, 0.25) is 0 Å². The summed E-state index contributed by atoms with van der Waals surface area (Å²) in [6.07, 6.45) is 0. The van der Waals surface area contributed by atoms with E-state index in [4.69, 9.17) is 0 Å². The first-order valence-corrected chi connectivity index (χ1v) is 9.91. The van der Waals surface area contributed by atoms with Gasteiger partial charge < -0.3 is 0 Å². The highest BCUT2D eigenvalue weighted by molar-refractivity contribution is 7.92. The lowest BCUT2D eigenvalue weighted by atomic mass is 10.1. The molecule has 3 rings (SSSR count). The third-order valence-corrected chi connectivity index (χ3v) is 6.06. The zero-order valence-electron chi connectivity index (χ0n) is 15.7. The normalized spacial score (nSPS) is 11.6. The fourth-order valence-electron chi connectivity index (χ4n) is 3.39. The van der Waals surface area contributed by atoms with E-state index < -0.39 is 10.0 Å². The molecule has 2 aromatic carbocycles. The molecule has 1 heterocycles. The van der Waals surface area contributed by atoms with Crippen LogP contribution in [0.5, 0.6) is 0 Å². The maximum Gasteiger partial charge on any atom is 0.262 e. The summed E-state index contributed by atoms with van der Waals surface area (Å²) in [5, 5.41) is 4.51. The maximum absolute atomic E-state index is 13.1. The average Bonchev–Trinajstić information content (AvgIpc) is 2.82. The molecule has 1 N–H and O–H groups in total. The quantitative estimate of drug-likeness (QED) is 0.749. The fraction of sp³-hybridized carbons (Fsp3) is 0.250. The first kappa shape index (κ1) is 18.2. The first-order chi connectivity index (χ1) is 12.2. The van der Waals surface area contributed by atoms with Crippen LogP contribution < -0.4 is 4.72 Å². The third-order valence-electron chi connectivity index (χ3n) is 4.40. The zero-order valence-corrected chi connectivity index (χ0v) is 16.5. The minimum atomic E-state index is -3.71. The van der Waals surface area contributed by atoms with E-state index in [9.17, 15) is 8.42 Å². The van der Waals surface area contributed by atoms with Crippen LogP contribution in [0.25, 0.3) is 5.69 Å². The highest BCUT2D eigenvalue weighted by Crippen LogP contribution is 2.28. The third kappa shape index (κ3) is 3.24. The molecule has 0 saturated carbocycles. The number of sulfonamides is 1. The minimum Gasteiger partial charge on any atom is -0.276 e. The van der Waals surface area contributed by atoms with Gasteiger partial charge >= 0.3 is 0 Å². The van der Waals surface area contributed by atoms with Gasteiger partial charge in [-0.05, 0) is 57.9 Å². The predicted molar refractivity (Wildman–Crippen MR) is 104 cm³/mol. The molecule has 0 spiro atoms. The van der Waals surface area contributed by atoms with Crippen LogP contribution in [0.1, 0.15) is 28.1 Å². The smallest absolute Gasteiger partial charge is 0.262 e. The molecule has 0 aliphatic heterocycles. The largest absolute Gasteiger partial charge is 0.276 e. The summed E-state index contributed by atoms with van der Waals surface area (Å²) >= 11 is 0. The number of aromatic nitrogens is 2. The second-order valence-electron chi connectivity index (χ2n) is 6.63. The molecule has 6 heteroatoms. The number of rotatable bonds is 4. The Labute approximate surface area is 154 Å². The van der Waals surface area contributed by atoms with Gasteiger partial charge in [-0.2, -0.15) is 5.10 Å². The van der Waals surface area contributed by atoms with Crippen molar-refractivity contribution in [3.63, 3.8) is 0 Å². The van der Waals surface area contributed by atoms with Gasteiger partial charge in [-0.1, -0.05) is 35.9 Å². The molecular formula is C20H23N3O2S. The summed E-state index contributed by atoms with van der Waals surface area (Å²) < 4.78 is 30.6. The van der Waals surface area contributed by atoms with Gasteiger partial charge in [-0.3, -0.25) is 4.72 Å². The molecule has 0 aliphatic rings. The van der Waals surface area contributed by atoms with Crippen molar-refractivity contribution >= 4 is 15.7 Å². The number of para-hydroxylation sites is 1. The van der Waals surface area contributed by atoms with Crippen molar-refractivity contribution in [3.05, 3.63) is 70.5 Å². The van der Waals surface area contributed by atoms with Crippen LogP contribution in [-0.2, 0) is 10.0 Å². The van der Waals surface area contributed by atoms with Crippen LogP contribution in [0.4, 0.5) is 5.69 Å². The molecule has 26 heavy (non-hydrogen) atoms. The Morgan fingerprint density at radius 2 is 1.50 bits per heavy atom. The Morgan fingerprint density at radius 3 is 2.08 bits per heavy atom. The number of hydrogen-bond acceptors (Lipinski definition) is 3. The van der Waals surface area contributed by atoms with Gasteiger partial charge in [0.25, 0.3) is 10.0 Å². The Bertz CT molecular complexity index is 1040. The minimum absolute atomic E-state index is 0.328.